The second-order valence-corrected chi connectivity index (χ2v) is 4.27. The SMILES string of the molecule is CCC1NCC(=O)N1CCCN(CC)CC. The summed E-state index contributed by atoms with van der Waals surface area (Å²) in [6, 6.07) is 0. The summed E-state index contributed by atoms with van der Waals surface area (Å²) < 4.78 is 0. The third-order valence-corrected chi connectivity index (χ3v) is 3.34. The topological polar surface area (TPSA) is 35.6 Å². The summed E-state index contributed by atoms with van der Waals surface area (Å²) in [6.07, 6.45) is 2.34. The van der Waals surface area contributed by atoms with E-state index in [-0.39, 0.29) is 12.1 Å². The normalized spacial score (nSPS) is 21.1. The Labute approximate surface area is 99.0 Å². The summed E-state index contributed by atoms with van der Waals surface area (Å²) in [5, 5.41) is 3.24. The molecule has 1 saturated heterocycles. The minimum atomic E-state index is 0.256. The molecule has 0 aliphatic carbocycles. The molecule has 16 heavy (non-hydrogen) atoms. The smallest absolute Gasteiger partial charge is 0.237 e. The van der Waals surface area contributed by atoms with E-state index in [0.29, 0.717) is 6.54 Å². The number of nitrogens with one attached hydrogen (secondary N) is 1. The number of carbonyl (C=O) groups is 1. The maximum absolute atomic E-state index is 11.6. The van der Waals surface area contributed by atoms with E-state index in [1.54, 1.807) is 0 Å². The van der Waals surface area contributed by atoms with Crippen molar-refractivity contribution in [2.24, 2.45) is 0 Å². The lowest BCUT2D eigenvalue weighted by molar-refractivity contribution is -0.128. The van der Waals surface area contributed by atoms with Crippen molar-refractivity contribution < 1.29 is 4.79 Å². The standard InChI is InChI=1S/C12H25N3O/c1-4-11-13-10-12(16)15(11)9-7-8-14(5-2)6-3/h11,13H,4-10H2,1-3H3. The zero-order valence-electron chi connectivity index (χ0n) is 10.8. The van der Waals surface area contributed by atoms with Gasteiger partial charge in [-0.25, -0.2) is 0 Å². The number of rotatable bonds is 7. The predicted molar refractivity (Wildman–Crippen MR) is 66.2 cm³/mol. The molecule has 4 heteroatoms. The van der Waals surface area contributed by atoms with Crippen LogP contribution in [0.4, 0.5) is 0 Å². The molecule has 94 valence electrons. The Morgan fingerprint density at radius 1 is 1.38 bits per heavy atom. The molecule has 1 fully saturated rings. The predicted octanol–water partition coefficient (Wildman–Crippen LogP) is 0.886. The van der Waals surface area contributed by atoms with Crippen LogP contribution in [0.3, 0.4) is 0 Å². The Hall–Kier alpha value is -0.610. The lowest BCUT2D eigenvalue weighted by atomic mass is 10.3. The van der Waals surface area contributed by atoms with Gasteiger partial charge in [0.1, 0.15) is 0 Å². The van der Waals surface area contributed by atoms with Crippen molar-refractivity contribution in [1.29, 1.82) is 0 Å². The van der Waals surface area contributed by atoms with Gasteiger partial charge in [-0.2, -0.15) is 0 Å². The zero-order chi connectivity index (χ0) is 12.0. The Balaban J connectivity index is 2.28. The highest BCUT2D eigenvalue weighted by atomic mass is 16.2. The van der Waals surface area contributed by atoms with Gasteiger partial charge in [0, 0.05) is 6.54 Å². The third-order valence-electron chi connectivity index (χ3n) is 3.34. The summed E-state index contributed by atoms with van der Waals surface area (Å²) in [7, 11) is 0. The molecule has 1 rings (SSSR count). The van der Waals surface area contributed by atoms with E-state index in [1.165, 1.54) is 0 Å². The summed E-state index contributed by atoms with van der Waals surface area (Å²) >= 11 is 0. The monoisotopic (exact) mass is 227 g/mol. The molecule has 1 heterocycles. The molecule has 1 amide bonds. The largest absolute Gasteiger partial charge is 0.326 e. The van der Waals surface area contributed by atoms with Crippen molar-refractivity contribution in [2.75, 3.05) is 32.7 Å². The first kappa shape index (κ1) is 13.5. The Bertz CT molecular complexity index is 216. The van der Waals surface area contributed by atoms with Crippen LogP contribution in [-0.2, 0) is 4.79 Å². The van der Waals surface area contributed by atoms with Crippen molar-refractivity contribution in [2.45, 2.75) is 39.8 Å². The molecule has 0 aromatic heterocycles. The maximum atomic E-state index is 11.6. The van der Waals surface area contributed by atoms with E-state index in [9.17, 15) is 4.79 Å². The van der Waals surface area contributed by atoms with Crippen molar-refractivity contribution in [1.82, 2.24) is 15.1 Å². The highest BCUT2D eigenvalue weighted by Gasteiger charge is 2.28. The minimum absolute atomic E-state index is 0.256. The van der Waals surface area contributed by atoms with Crippen molar-refractivity contribution in [3.8, 4) is 0 Å². The van der Waals surface area contributed by atoms with E-state index in [0.717, 1.165) is 39.0 Å². The van der Waals surface area contributed by atoms with Gasteiger partial charge in [-0.05, 0) is 32.5 Å². The van der Waals surface area contributed by atoms with Crippen LogP contribution in [-0.4, -0.2) is 54.6 Å². The van der Waals surface area contributed by atoms with Crippen LogP contribution in [0.25, 0.3) is 0 Å². The highest BCUT2D eigenvalue weighted by Crippen LogP contribution is 2.09. The first-order chi connectivity index (χ1) is 7.72. The molecule has 0 bridgehead atoms. The molecule has 0 radical (unpaired) electrons. The lowest BCUT2D eigenvalue weighted by Gasteiger charge is -2.25. The van der Waals surface area contributed by atoms with Gasteiger partial charge >= 0.3 is 0 Å². The number of carbonyl (C=O) groups excluding carboxylic acids is 1. The van der Waals surface area contributed by atoms with Crippen molar-refractivity contribution in [3.05, 3.63) is 0 Å². The van der Waals surface area contributed by atoms with Gasteiger partial charge in [-0.15, -0.1) is 0 Å². The first-order valence-corrected chi connectivity index (χ1v) is 6.48. The fraction of sp³-hybridized carbons (Fsp3) is 0.917. The van der Waals surface area contributed by atoms with E-state index in [4.69, 9.17) is 0 Å². The fourth-order valence-electron chi connectivity index (χ4n) is 2.24. The van der Waals surface area contributed by atoms with Gasteiger partial charge < -0.3 is 9.80 Å². The number of amides is 1. The van der Waals surface area contributed by atoms with Crippen molar-refractivity contribution >= 4 is 5.91 Å². The Kier molecular flexibility index (Phi) is 5.77. The van der Waals surface area contributed by atoms with Gasteiger partial charge in [-0.1, -0.05) is 20.8 Å². The molecule has 4 nitrogen and oxygen atoms in total. The highest BCUT2D eigenvalue weighted by molar-refractivity contribution is 5.80. The van der Waals surface area contributed by atoms with Crippen LogP contribution in [0.2, 0.25) is 0 Å². The van der Waals surface area contributed by atoms with Crippen molar-refractivity contribution in [3.63, 3.8) is 0 Å². The zero-order valence-corrected chi connectivity index (χ0v) is 10.8. The van der Waals surface area contributed by atoms with Gasteiger partial charge in [0.2, 0.25) is 5.91 Å². The van der Waals surface area contributed by atoms with Gasteiger partial charge in [0.15, 0.2) is 0 Å². The number of hydrogen-bond donors (Lipinski definition) is 1. The van der Waals surface area contributed by atoms with Crippen LogP contribution in [0.15, 0.2) is 0 Å². The van der Waals surface area contributed by atoms with Crippen LogP contribution >= 0.6 is 0 Å². The van der Waals surface area contributed by atoms with Crippen LogP contribution < -0.4 is 5.32 Å². The van der Waals surface area contributed by atoms with E-state index in [1.807, 2.05) is 4.90 Å². The Morgan fingerprint density at radius 2 is 2.06 bits per heavy atom. The summed E-state index contributed by atoms with van der Waals surface area (Å²) in [5.74, 6) is 0.256. The van der Waals surface area contributed by atoms with Crippen LogP contribution in [0.5, 0.6) is 0 Å². The van der Waals surface area contributed by atoms with Crippen LogP contribution in [0.1, 0.15) is 33.6 Å². The van der Waals surface area contributed by atoms with Gasteiger partial charge in [-0.3, -0.25) is 10.1 Å². The summed E-state index contributed by atoms with van der Waals surface area (Å²) in [4.78, 5) is 16.0. The Morgan fingerprint density at radius 3 is 2.62 bits per heavy atom. The molecule has 1 unspecified atom stereocenters. The third kappa shape index (κ3) is 3.46. The van der Waals surface area contributed by atoms with E-state index in [2.05, 4.69) is 31.0 Å². The lowest BCUT2D eigenvalue weighted by Crippen LogP contribution is -2.38. The molecule has 1 aliphatic heterocycles. The quantitative estimate of drug-likeness (QED) is 0.701. The van der Waals surface area contributed by atoms with Crippen LogP contribution in [0, 0.1) is 0 Å². The second kappa shape index (κ2) is 6.86. The van der Waals surface area contributed by atoms with E-state index >= 15 is 0 Å². The summed E-state index contributed by atoms with van der Waals surface area (Å²) in [6.45, 7) is 11.2. The molecule has 0 spiro atoms. The molecular weight excluding hydrogens is 202 g/mol. The molecular formula is C12H25N3O. The molecule has 1 aliphatic rings. The molecule has 0 aromatic rings. The second-order valence-electron chi connectivity index (χ2n) is 4.27. The molecule has 0 saturated carbocycles. The average Bonchev–Trinajstić information content (AvgIpc) is 2.66. The minimum Gasteiger partial charge on any atom is -0.326 e. The maximum Gasteiger partial charge on any atom is 0.237 e. The summed E-state index contributed by atoms with van der Waals surface area (Å²) in [5.41, 5.74) is 0. The fourth-order valence-corrected chi connectivity index (χ4v) is 2.24. The number of hydrogen-bond acceptors (Lipinski definition) is 3. The first-order valence-electron chi connectivity index (χ1n) is 6.48. The average molecular weight is 227 g/mol. The van der Waals surface area contributed by atoms with Gasteiger partial charge in [0.05, 0.1) is 12.7 Å². The number of nitrogens with zero attached hydrogens (tertiary/aromatic N) is 2. The van der Waals surface area contributed by atoms with Gasteiger partial charge in [0.25, 0.3) is 0 Å². The molecule has 1 N–H and O–H groups in total. The molecule has 1 atom stereocenters. The van der Waals surface area contributed by atoms with E-state index < -0.39 is 0 Å². The molecule has 0 aromatic carbocycles.